The van der Waals surface area contributed by atoms with E-state index in [-0.39, 0.29) is 0 Å². The summed E-state index contributed by atoms with van der Waals surface area (Å²) in [6, 6.07) is 10.8. The van der Waals surface area contributed by atoms with Gasteiger partial charge in [0.1, 0.15) is 11.5 Å². The van der Waals surface area contributed by atoms with Crippen molar-refractivity contribution in [2.45, 2.75) is 89.8 Å². The van der Waals surface area contributed by atoms with E-state index in [0.717, 1.165) is 44.0 Å². The predicted octanol–water partition coefficient (Wildman–Crippen LogP) is 8.47. The molecule has 29 heavy (non-hydrogen) atoms. The molecule has 0 aromatic heterocycles. The van der Waals surface area contributed by atoms with Crippen LogP contribution in [0.25, 0.3) is 10.8 Å². The molecule has 0 spiro atoms. The number of aryl methyl sites for hydroxylation is 1. The van der Waals surface area contributed by atoms with Crippen molar-refractivity contribution in [1.82, 2.24) is 0 Å². The summed E-state index contributed by atoms with van der Waals surface area (Å²) in [5.41, 5.74) is 1.31. The van der Waals surface area contributed by atoms with Gasteiger partial charge in [-0.15, -0.1) is 0 Å². The molecule has 0 aliphatic heterocycles. The molecule has 0 aliphatic rings. The molecular formula is C26H39BrO2. The Labute approximate surface area is 186 Å². The highest BCUT2D eigenvalue weighted by Gasteiger charge is 2.09. The van der Waals surface area contributed by atoms with Crippen LogP contribution in [0.5, 0.6) is 11.5 Å². The number of ether oxygens (including phenoxy) is 2. The summed E-state index contributed by atoms with van der Waals surface area (Å²) < 4.78 is 12.1. The third-order valence-corrected chi connectivity index (χ3v) is 6.65. The number of halogens is 1. The van der Waals surface area contributed by atoms with Crippen molar-refractivity contribution < 1.29 is 9.47 Å². The first-order valence-corrected chi connectivity index (χ1v) is 12.6. The zero-order chi connectivity index (χ0) is 20.9. The Balaban J connectivity index is 1.90. The fraction of sp³-hybridized carbons (Fsp3) is 0.615. The third kappa shape index (κ3) is 8.20. The van der Waals surface area contributed by atoms with Crippen molar-refractivity contribution >= 4 is 26.7 Å². The maximum Gasteiger partial charge on any atom is 0.123 e. The van der Waals surface area contributed by atoms with Gasteiger partial charge >= 0.3 is 0 Å². The average Bonchev–Trinajstić information content (AvgIpc) is 2.75. The van der Waals surface area contributed by atoms with Crippen molar-refractivity contribution in [2.24, 2.45) is 0 Å². The summed E-state index contributed by atoms with van der Waals surface area (Å²) in [7, 11) is 0. The topological polar surface area (TPSA) is 18.5 Å². The van der Waals surface area contributed by atoms with Crippen molar-refractivity contribution in [3.05, 3.63) is 35.9 Å². The lowest BCUT2D eigenvalue weighted by Crippen LogP contribution is -2.02. The first kappa shape index (κ1) is 24.1. The molecule has 3 heteroatoms. The van der Waals surface area contributed by atoms with E-state index in [1.54, 1.807) is 0 Å². The number of unbranched alkanes of at least 4 members (excludes halogenated alkanes) is 5. The van der Waals surface area contributed by atoms with Gasteiger partial charge < -0.3 is 9.47 Å². The van der Waals surface area contributed by atoms with Gasteiger partial charge in [0.2, 0.25) is 0 Å². The highest BCUT2D eigenvalue weighted by atomic mass is 79.9. The molecule has 0 bridgehead atoms. The normalized spacial score (nSPS) is 12.3. The van der Waals surface area contributed by atoms with Gasteiger partial charge in [0.15, 0.2) is 0 Å². The zero-order valence-corrected chi connectivity index (χ0v) is 20.2. The molecule has 2 rings (SSSR count). The monoisotopic (exact) mass is 462 g/mol. The van der Waals surface area contributed by atoms with Crippen LogP contribution in [-0.2, 0) is 6.42 Å². The molecule has 0 saturated heterocycles. The highest BCUT2D eigenvalue weighted by molar-refractivity contribution is 9.09. The molecule has 2 nitrogen and oxygen atoms in total. The standard InChI is InChI=1S/C26H39BrO2/c1-4-7-8-9-11-18-28-23-15-16-25-21(20-23)14-17-26(24(25)6-3)29-19-12-10-13-22(27)5-2/h14-17,20,22H,4-13,18-19H2,1-3H3. The second kappa shape index (κ2) is 13.9. The fourth-order valence-corrected chi connectivity index (χ4v) is 4.02. The summed E-state index contributed by atoms with van der Waals surface area (Å²) in [5, 5.41) is 2.52. The van der Waals surface area contributed by atoms with Gasteiger partial charge in [-0.25, -0.2) is 0 Å². The van der Waals surface area contributed by atoms with Crippen LogP contribution < -0.4 is 9.47 Å². The van der Waals surface area contributed by atoms with Crippen LogP contribution in [0.1, 0.15) is 84.1 Å². The Hall–Kier alpha value is -1.22. The summed E-state index contributed by atoms with van der Waals surface area (Å²) in [6.45, 7) is 8.28. The van der Waals surface area contributed by atoms with E-state index in [4.69, 9.17) is 9.47 Å². The summed E-state index contributed by atoms with van der Waals surface area (Å²) in [4.78, 5) is 0.641. The number of rotatable bonds is 15. The maximum absolute atomic E-state index is 6.15. The summed E-state index contributed by atoms with van der Waals surface area (Å²) in [5.74, 6) is 2.01. The lowest BCUT2D eigenvalue weighted by molar-refractivity contribution is 0.302. The van der Waals surface area contributed by atoms with E-state index < -0.39 is 0 Å². The molecule has 0 amide bonds. The zero-order valence-electron chi connectivity index (χ0n) is 18.6. The quantitative estimate of drug-likeness (QED) is 0.195. The Morgan fingerprint density at radius 3 is 2.34 bits per heavy atom. The van der Waals surface area contributed by atoms with Crippen LogP contribution in [-0.4, -0.2) is 18.0 Å². The molecule has 2 aromatic rings. The van der Waals surface area contributed by atoms with Crippen molar-refractivity contribution in [3.63, 3.8) is 0 Å². The molecule has 0 fully saturated rings. The molecule has 0 heterocycles. The first-order chi connectivity index (χ1) is 14.2. The van der Waals surface area contributed by atoms with Crippen LogP contribution >= 0.6 is 15.9 Å². The van der Waals surface area contributed by atoms with Crippen molar-refractivity contribution in [2.75, 3.05) is 13.2 Å². The summed E-state index contributed by atoms with van der Waals surface area (Å²) in [6.07, 6.45) is 12.0. The number of benzene rings is 2. The Kier molecular flexibility index (Phi) is 11.5. The molecule has 0 saturated carbocycles. The van der Waals surface area contributed by atoms with Gasteiger partial charge in [-0.1, -0.05) is 74.5 Å². The maximum atomic E-state index is 6.15. The van der Waals surface area contributed by atoms with E-state index in [1.807, 2.05) is 0 Å². The lowest BCUT2D eigenvalue weighted by Gasteiger charge is -2.15. The minimum Gasteiger partial charge on any atom is -0.494 e. The fourth-order valence-electron chi connectivity index (χ4n) is 3.69. The molecule has 0 N–H and O–H groups in total. The van der Waals surface area contributed by atoms with Crippen LogP contribution in [0.3, 0.4) is 0 Å². The Morgan fingerprint density at radius 1 is 0.828 bits per heavy atom. The van der Waals surface area contributed by atoms with Gasteiger partial charge in [-0.05, 0) is 67.5 Å². The van der Waals surface area contributed by atoms with Crippen molar-refractivity contribution in [1.29, 1.82) is 0 Å². The van der Waals surface area contributed by atoms with Gasteiger partial charge in [-0.3, -0.25) is 0 Å². The number of fused-ring (bicyclic) bond motifs is 1. The summed E-state index contributed by atoms with van der Waals surface area (Å²) >= 11 is 3.71. The van der Waals surface area contributed by atoms with Crippen LogP contribution in [0, 0.1) is 0 Å². The van der Waals surface area contributed by atoms with Crippen molar-refractivity contribution in [3.8, 4) is 11.5 Å². The first-order valence-electron chi connectivity index (χ1n) is 11.6. The van der Waals surface area contributed by atoms with E-state index in [9.17, 15) is 0 Å². The minimum atomic E-state index is 0.641. The molecule has 1 unspecified atom stereocenters. The number of hydrogen-bond donors (Lipinski definition) is 0. The smallest absolute Gasteiger partial charge is 0.123 e. The minimum absolute atomic E-state index is 0.641. The van der Waals surface area contributed by atoms with E-state index in [2.05, 4.69) is 67.0 Å². The molecule has 2 aromatic carbocycles. The van der Waals surface area contributed by atoms with Gasteiger partial charge in [0.05, 0.1) is 13.2 Å². The van der Waals surface area contributed by atoms with Crippen LogP contribution in [0.2, 0.25) is 0 Å². The van der Waals surface area contributed by atoms with Crippen LogP contribution in [0.15, 0.2) is 30.3 Å². The molecule has 0 aliphatic carbocycles. The van der Waals surface area contributed by atoms with Gasteiger partial charge in [0.25, 0.3) is 0 Å². The Morgan fingerprint density at radius 2 is 1.59 bits per heavy atom. The average molecular weight is 464 g/mol. The van der Waals surface area contributed by atoms with E-state index in [0.29, 0.717) is 4.83 Å². The molecule has 0 radical (unpaired) electrons. The number of alkyl halides is 1. The number of hydrogen-bond acceptors (Lipinski definition) is 2. The SMILES string of the molecule is CCCCCCCOc1ccc2c(CC)c(OCCCCC(Br)CC)ccc2c1. The third-order valence-electron chi connectivity index (χ3n) is 5.54. The van der Waals surface area contributed by atoms with Crippen LogP contribution in [0.4, 0.5) is 0 Å². The largest absolute Gasteiger partial charge is 0.494 e. The van der Waals surface area contributed by atoms with E-state index in [1.165, 1.54) is 61.3 Å². The second-order valence-electron chi connectivity index (χ2n) is 7.89. The predicted molar refractivity (Wildman–Crippen MR) is 130 cm³/mol. The Bertz CT molecular complexity index is 713. The lowest BCUT2D eigenvalue weighted by atomic mass is 10.0. The van der Waals surface area contributed by atoms with E-state index >= 15 is 0 Å². The molecule has 162 valence electrons. The molecular weight excluding hydrogens is 424 g/mol. The van der Waals surface area contributed by atoms with Gasteiger partial charge in [0, 0.05) is 10.4 Å². The highest BCUT2D eigenvalue weighted by Crippen LogP contribution is 2.31. The second-order valence-corrected chi connectivity index (χ2v) is 9.19. The molecule has 1 atom stereocenters. The van der Waals surface area contributed by atoms with Gasteiger partial charge in [-0.2, -0.15) is 0 Å².